The molecule has 1 heterocycles. The zero-order valence-corrected chi connectivity index (χ0v) is 17.5. The largest absolute Gasteiger partial charge is 0.383 e. The molecular formula is C22H23ClN4O3. The normalized spacial score (nSPS) is 10.9. The average molecular weight is 427 g/mol. The number of aromatic amines is 1. The summed E-state index contributed by atoms with van der Waals surface area (Å²) in [7, 11) is 0. The highest BCUT2D eigenvalue weighted by atomic mass is 35.5. The zero-order valence-electron chi connectivity index (χ0n) is 16.8. The lowest BCUT2D eigenvalue weighted by Crippen LogP contribution is -2.42. The Bertz CT molecular complexity index is 1170. The Hall–Kier alpha value is -3.32. The molecule has 3 N–H and O–H groups in total. The summed E-state index contributed by atoms with van der Waals surface area (Å²) in [5.74, 6) is -0.446. The van der Waals surface area contributed by atoms with Gasteiger partial charge in [0.25, 0.3) is 11.5 Å². The Balaban J connectivity index is 2.13. The summed E-state index contributed by atoms with van der Waals surface area (Å²) in [4.78, 5) is 42.0. The molecule has 0 saturated heterocycles. The van der Waals surface area contributed by atoms with Crippen LogP contribution in [0.4, 0.5) is 11.5 Å². The van der Waals surface area contributed by atoms with Crippen molar-refractivity contribution in [3.8, 4) is 0 Å². The SMILES string of the molecule is CC(C)CN(C(=O)c1cccc(Cl)c1)c1c(N)n(Cc2ccccc2)c(=O)[nH]c1=O. The summed E-state index contributed by atoms with van der Waals surface area (Å²) in [5.41, 5.74) is 6.04. The lowest BCUT2D eigenvalue weighted by molar-refractivity contribution is 0.0983. The maximum absolute atomic E-state index is 13.3. The van der Waals surface area contributed by atoms with Crippen LogP contribution >= 0.6 is 11.6 Å². The molecular weight excluding hydrogens is 404 g/mol. The van der Waals surface area contributed by atoms with Crippen molar-refractivity contribution in [2.24, 2.45) is 5.92 Å². The van der Waals surface area contributed by atoms with Crippen LogP contribution in [0.2, 0.25) is 5.02 Å². The molecule has 0 aliphatic rings. The summed E-state index contributed by atoms with van der Waals surface area (Å²) in [6, 6.07) is 15.7. The van der Waals surface area contributed by atoms with Crippen LogP contribution in [0.1, 0.15) is 29.8 Å². The van der Waals surface area contributed by atoms with E-state index in [0.717, 1.165) is 5.56 Å². The molecule has 3 aromatic rings. The van der Waals surface area contributed by atoms with Gasteiger partial charge >= 0.3 is 5.69 Å². The Morgan fingerprint density at radius 1 is 1.13 bits per heavy atom. The lowest BCUT2D eigenvalue weighted by Gasteiger charge is -2.26. The first kappa shape index (κ1) is 21.4. The number of halogens is 1. The molecule has 0 unspecified atom stereocenters. The van der Waals surface area contributed by atoms with Gasteiger partial charge in [0.05, 0.1) is 6.54 Å². The van der Waals surface area contributed by atoms with Crippen molar-refractivity contribution in [3.05, 3.63) is 91.6 Å². The number of nitrogens with zero attached hydrogens (tertiary/aromatic N) is 2. The van der Waals surface area contributed by atoms with Crippen molar-refractivity contribution >= 4 is 29.0 Å². The third kappa shape index (κ3) is 4.63. The molecule has 0 aliphatic carbocycles. The van der Waals surface area contributed by atoms with Crippen LogP contribution in [0.25, 0.3) is 0 Å². The van der Waals surface area contributed by atoms with Crippen LogP contribution in [0.5, 0.6) is 0 Å². The number of hydrogen-bond acceptors (Lipinski definition) is 4. The molecule has 0 saturated carbocycles. The number of amides is 1. The number of H-pyrrole nitrogens is 1. The number of carbonyl (C=O) groups is 1. The molecule has 0 radical (unpaired) electrons. The second-order valence-corrected chi connectivity index (χ2v) is 7.82. The highest BCUT2D eigenvalue weighted by Gasteiger charge is 2.26. The summed E-state index contributed by atoms with van der Waals surface area (Å²) in [6.07, 6.45) is 0. The van der Waals surface area contributed by atoms with Crippen LogP contribution in [0.3, 0.4) is 0 Å². The fourth-order valence-electron chi connectivity index (χ4n) is 3.18. The van der Waals surface area contributed by atoms with Gasteiger partial charge in [0.1, 0.15) is 5.82 Å². The van der Waals surface area contributed by atoms with E-state index in [2.05, 4.69) is 4.98 Å². The first-order valence-corrected chi connectivity index (χ1v) is 9.89. The minimum atomic E-state index is -0.710. The third-order valence-electron chi connectivity index (χ3n) is 4.53. The molecule has 3 rings (SSSR count). The Morgan fingerprint density at radius 2 is 1.83 bits per heavy atom. The van der Waals surface area contributed by atoms with Gasteiger partial charge in [-0.2, -0.15) is 0 Å². The van der Waals surface area contributed by atoms with E-state index >= 15 is 0 Å². The maximum atomic E-state index is 13.3. The molecule has 30 heavy (non-hydrogen) atoms. The fourth-order valence-corrected chi connectivity index (χ4v) is 3.37. The number of aromatic nitrogens is 2. The van der Waals surface area contributed by atoms with Gasteiger partial charge in [-0.3, -0.25) is 19.1 Å². The predicted octanol–water partition coefficient (Wildman–Crippen LogP) is 3.12. The Kier molecular flexibility index (Phi) is 6.42. The lowest BCUT2D eigenvalue weighted by atomic mass is 10.1. The van der Waals surface area contributed by atoms with E-state index in [1.165, 1.54) is 15.5 Å². The number of hydrogen-bond donors (Lipinski definition) is 2. The van der Waals surface area contributed by atoms with Crippen molar-refractivity contribution in [2.45, 2.75) is 20.4 Å². The van der Waals surface area contributed by atoms with Gasteiger partial charge in [0.2, 0.25) is 0 Å². The molecule has 0 bridgehead atoms. The van der Waals surface area contributed by atoms with Crippen molar-refractivity contribution < 1.29 is 4.79 Å². The molecule has 0 spiro atoms. The summed E-state index contributed by atoms with van der Waals surface area (Å²) < 4.78 is 1.25. The molecule has 8 heteroatoms. The predicted molar refractivity (Wildman–Crippen MR) is 119 cm³/mol. The van der Waals surface area contributed by atoms with Gasteiger partial charge in [-0.1, -0.05) is 61.8 Å². The topological polar surface area (TPSA) is 101 Å². The molecule has 1 aromatic heterocycles. The number of rotatable bonds is 6. The van der Waals surface area contributed by atoms with E-state index in [1.807, 2.05) is 44.2 Å². The van der Waals surface area contributed by atoms with E-state index in [0.29, 0.717) is 10.6 Å². The first-order valence-electron chi connectivity index (χ1n) is 9.52. The van der Waals surface area contributed by atoms with E-state index in [9.17, 15) is 14.4 Å². The van der Waals surface area contributed by atoms with Crippen LogP contribution in [-0.2, 0) is 6.54 Å². The Labute approximate surface area is 178 Å². The first-order chi connectivity index (χ1) is 14.3. The average Bonchev–Trinajstić information content (AvgIpc) is 2.70. The van der Waals surface area contributed by atoms with Gasteiger partial charge in [-0.15, -0.1) is 0 Å². The van der Waals surface area contributed by atoms with Crippen molar-refractivity contribution in [1.29, 1.82) is 0 Å². The van der Waals surface area contributed by atoms with E-state index in [4.69, 9.17) is 17.3 Å². The number of nitrogen functional groups attached to an aromatic ring is 1. The van der Waals surface area contributed by atoms with Crippen LogP contribution < -0.4 is 21.9 Å². The molecule has 156 valence electrons. The second-order valence-electron chi connectivity index (χ2n) is 7.38. The highest BCUT2D eigenvalue weighted by Crippen LogP contribution is 2.22. The minimum absolute atomic E-state index is 0.0430. The summed E-state index contributed by atoms with van der Waals surface area (Å²) in [5, 5.41) is 0.404. The number of nitrogens with one attached hydrogen (secondary N) is 1. The van der Waals surface area contributed by atoms with Crippen LogP contribution in [0.15, 0.2) is 64.2 Å². The van der Waals surface area contributed by atoms with E-state index in [1.54, 1.807) is 18.2 Å². The fraction of sp³-hybridized carbons (Fsp3) is 0.227. The van der Waals surface area contributed by atoms with Crippen molar-refractivity contribution in [1.82, 2.24) is 9.55 Å². The molecule has 2 aromatic carbocycles. The van der Waals surface area contributed by atoms with Crippen molar-refractivity contribution in [2.75, 3.05) is 17.2 Å². The minimum Gasteiger partial charge on any atom is -0.383 e. The molecule has 1 amide bonds. The van der Waals surface area contributed by atoms with Gasteiger partial charge < -0.3 is 10.6 Å². The smallest absolute Gasteiger partial charge is 0.330 e. The number of nitrogens with two attached hydrogens (primary N) is 1. The van der Waals surface area contributed by atoms with Gasteiger partial charge in [0.15, 0.2) is 5.69 Å². The summed E-state index contributed by atoms with van der Waals surface area (Å²) in [6.45, 7) is 4.24. The van der Waals surface area contributed by atoms with Gasteiger partial charge in [0, 0.05) is 17.1 Å². The zero-order chi connectivity index (χ0) is 21.8. The highest BCUT2D eigenvalue weighted by molar-refractivity contribution is 6.31. The summed E-state index contributed by atoms with van der Waals surface area (Å²) >= 11 is 6.04. The van der Waals surface area contributed by atoms with E-state index < -0.39 is 17.2 Å². The molecule has 7 nitrogen and oxygen atoms in total. The van der Waals surface area contributed by atoms with Gasteiger partial charge in [-0.25, -0.2) is 4.79 Å². The number of carbonyl (C=O) groups excluding carboxylic acids is 1. The van der Waals surface area contributed by atoms with Gasteiger partial charge in [-0.05, 0) is 29.7 Å². The quantitative estimate of drug-likeness (QED) is 0.632. The molecule has 0 atom stereocenters. The second kappa shape index (κ2) is 9.00. The van der Waals surface area contributed by atoms with Crippen molar-refractivity contribution in [3.63, 3.8) is 0 Å². The third-order valence-corrected chi connectivity index (χ3v) is 4.77. The maximum Gasteiger partial charge on any atom is 0.330 e. The van der Waals surface area contributed by atoms with Crippen LogP contribution in [-0.4, -0.2) is 22.0 Å². The van der Waals surface area contributed by atoms with E-state index in [-0.39, 0.29) is 30.5 Å². The number of benzene rings is 2. The standard InChI is InChI=1S/C22H23ClN4O3/c1-14(2)12-26(21(29)16-9-6-10-17(23)11-16)18-19(24)27(22(30)25-20(18)28)13-15-7-4-3-5-8-15/h3-11,14H,12-13,24H2,1-2H3,(H,25,28,30). The monoisotopic (exact) mass is 426 g/mol. The molecule has 0 fully saturated rings. The number of anilines is 2. The molecule has 0 aliphatic heterocycles. The Morgan fingerprint density at radius 3 is 2.47 bits per heavy atom. The van der Waals surface area contributed by atoms with Crippen LogP contribution in [0, 0.1) is 5.92 Å².